The van der Waals surface area contributed by atoms with Gasteiger partial charge in [0.15, 0.2) is 5.82 Å². The average molecular weight is 215 g/mol. The second kappa shape index (κ2) is 3.74. The summed E-state index contributed by atoms with van der Waals surface area (Å²) < 4.78 is 1.89. The van der Waals surface area contributed by atoms with Gasteiger partial charge in [0.2, 0.25) is 0 Å². The molecule has 1 aromatic heterocycles. The lowest BCUT2D eigenvalue weighted by Gasteiger charge is -2.12. The van der Waals surface area contributed by atoms with Crippen molar-refractivity contribution in [2.75, 3.05) is 0 Å². The number of hydrogen-bond acceptors (Lipinski definition) is 2. The lowest BCUT2D eigenvalue weighted by atomic mass is 9.96. The van der Waals surface area contributed by atoms with Gasteiger partial charge in [0, 0.05) is 5.41 Å². The number of benzene rings is 1. The molecule has 0 fully saturated rings. The molecule has 0 radical (unpaired) electrons. The number of nitrogens with zero attached hydrogens (tertiary/aromatic N) is 3. The maximum Gasteiger partial charge on any atom is 0.156 e. The third-order valence-corrected chi connectivity index (χ3v) is 2.44. The summed E-state index contributed by atoms with van der Waals surface area (Å²) in [6.07, 6.45) is 0. The second-order valence-corrected chi connectivity index (χ2v) is 4.98. The first-order valence-corrected chi connectivity index (χ1v) is 5.48. The first-order valence-electron chi connectivity index (χ1n) is 5.48. The minimum absolute atomic E-state index is 0.00914. The Hall–Kier alpha value is -1.64. The number of aromatic nitrogens is 3. The summed E-state index contributed by atoms with van der Waals surface area (Å²) >= 11 is 0. The van der Waals surface area contributed by atoms with Gasteiger partial charge in [0.05, 0.1) is 5.69 Å². The molecule has 3 nitrogen and oxygen atoms in total. The van der Waals surface area contributed by atoms with E-state index in [0.717, 1.165) is 17.3 Å². The van der Waals surface area contributed by atoms with Crippen LogP contribution < -0.4 is 0 Å². The molecular weight excluding hydrogens is 198 g/mol. The van der Waals surface area contributed by atoms with Crippen LogP contribution in [0.25, 0.3) is 5.69 Å². The first kappa shape index (κ1) is 10.9. The predicted molar refractivity (Wildman–Crippen MR) is 64.8 cm³/mol. The van der Waals surface area contributed by atoms with E-state index in [1.807, 2.05) is 41.9 Å². The van der Waals surface area contributed by atoms with E-state index in [1.165, 1.54) is 0 Å². The fourth-order valence-electron chi connectivity index (χ4n) is 1.52. The maximum atomic E-state index is 4.56. The van der Waals surface area contributed by atoms with Crippen LogP contribution in [0.15, 0.2) is 30.3 Å². The van der Waals surface area contributed by atoms with Crippen LogP contribution in [0.2, 0.25) is 0 Å². The van der Waals surface area contributed by atoms with Gasteiger partial charge in [-0.05, 0) is 19.1 Å². The van der Waals surface area contributed by atoms with Crippen molar-refractivity contribution < 1.29 is 0 Å². The highest BCUT2D eigenvalue weighted by atomic mass is 15.4. The minimum Gasteiger partial charge on any atom is -0.218 e. The van der Waals surface area contributed by atoms with E-state index >= 15 is 0 Å². The zero-order valence-corrected chi connectivity index (χ0v) is 10.2. The summed E-state index contributed by atoms with van der Waals surface area (Å²) in [5.74, 6) is 1.81. The van der Waals surface area contributed by atoms with Crippen LogP contribution in [0.4, 0.5) is 0 Å². The molecule has 0 aliphatic heterocycles. The molecule has 0 saturated carbocycles. The molecule has 84 valence electrons. The van der Waals surface area contributed by atoms with Crippen molar-refractivity contribution in [3.63, 3.8) is 0 Å². The SMILES string of the molecule is Cc1nc(C(C)(C)C)nn1-c1ccccc1. The third kappa shape index (κ3) is 1.98. The molecule has 1 heterocycles. The van der Waals surface area contributed by atoms with Gasteiger partial charge >= 0.3 is 0 Å². The van der Waals surface area contributed by atoms with Gasteiger partial charge < -0.3 is 0 Å². The van der Waals surface area contributed by atoms with E-state index in [0.29, 0.717) is 0 Å². The molecular formula is C13H17N3. The topological polar surface area (TPSA) is 30.7 Å². The lowest BCUT2D eigenvalue weighted by molar-refractivity contribution is 0.543. The Kier molecular flexibility index (Phi) is 2.54. The largest absolute Gasteiger partial charge is 0.218 e. The number of rotatable bonds is 1. The molecule has 0 spiro atoms. The Labute approximate surface area is 96.1 Å². The fourth-order valence-corrected chi connectivity index (χ4v) is 1.52. The lowest BCUT2D eigenvalue weighted by Crippen LogP contribution is -2.14. The highest BCUT2D eigenvalue weighted by Crippen LogP contribution is 2.20. The summed E-state index contributed by atoms with van der Waals surface area (Å²) in [5, 5.41) is 4.56. The van der Waals surface area contributed by atoms with Gasteiger partial charge in [-0.1, -0.05) is 39.0 Å². The van der Waals surface area contributed by atoms with Crippen LogP contribution in [0.1, 0.15) is 32.4 Å². The molecule has 0 N–H and O–H groups in total. The summed E-state index contributed by atoms with van der Waals surface area (Å²) in [6, 6.07) is 10.1. The molecule has 2 aromatic rings. The molecule has 0 aliphatic carbocycles. The minimum atomic E-state index is -0.00914. The van der Waals surface area contributed by atoms with E-state index in [2.05, 4.69) is 30.9 Å². The third-order valence-electron chi connectivity index (χ3n) is 2.44. The van der Waals surface area contributed by atoms with E-state index in [4.69, 9.17) is 0 Å². The van der Waals surface area contributed by atoms with Crippen LogP contribution in [0.5, 0.6) is 0 Å². The van der Waals surface area contributed by atoms with E-state index in [9.17, 15) is 0 Å². The van der Waals surface area contributed by atoms with Gasteiger partial charge in [-0.25, -0.2) is 9.67 Å². The van der Waals surface area contributed by atoms with Gasteiger partial charge in [-0.2, -0.15) is 5.10 Å². The monoisotopic (exact) mass is 215 g/mol. The maximum absolute atomic E-state index is 4.56. The van der Waals surface area contributed by atoms with Crippen molar-refractivity contribution in [3.05, 3.63) is 42.0 Å². The van der Waals surface area contributed by atoms with E-state index in [1.54, 1.807) is 0 Å². The van der Waals surface area contributed by atoms with Gasteiger partial charge in [0.1, 0.15) is 5.82 Å². The standard InChI is InChI=1S/C13H17N3/c1-10-14-12(13(2,3)4)15-16(10)11-8-6-5-7-9-11/h5-9H,1-4H3. The Morgan fingerprint density at radius 3 is 2.19 bits per heavy atom. The smallest absolute Gasteiger partial charge is 0.156 e. The summed E-state index contributed by atoms with van der Waals surface area (Å²) in [6.45, 7) is 8.35. The van der Waals surface area contributed by atoms with Crippen molar-refractivity contribution in [3.8, 4) is 5.69 Å². The van der Waals surface area contributed by atoms with Crippen molar-refractivity contribution in [1.29, 1.82) is 0 Å². The van der Waals surface area contributed by atoms with Gasteiger partial charge in [-0.15, -0.1) is 0 Å². The van der Waals surface area contributed by atoms with Gasteiger partial charge in [-0.3, -0.25) is 0 Å². The molecule has 0 unspecified atom stereocenters. The second-order valence-electron chi connectivity index (χ2n) is 4.98. The molecule has 0 saturated heterocycles. The van der Waals surface area contributed by atoms with Gasteiger partial charge in [0.25, 0.3) is 0 Å². The zero-order valence-electron chi connectivity index (χ0n) is 10.2. The number of aryl methyl sites for hydroxylation is 1. The molecule has 3 heteroatoms. The highest BCUT2D eigenvalue weighted by Gasteiger charge is 2.20. The van der Waals surface area contributed by atoms with Crippen molar-refractivity contribution in [2.24, 2.45) is 0 Å². The summed E-state index contributed by atoms with van der Waals surface area (Å²) in [7, 11) is 0. The van der Waals surface area contributed by atoms with E-state index in [-0.39, 0.29) is 5.41 Å². The molecule has 2 rings (SSSR count). The summed E-state index contributed by atoms with van der Waals surface area (Å²) in [5.41, 5.74) is 1.05. The highest BCUT2D eigenvalue weighted by molar-refractivity contribution is 5.31. The molecule has 0 bridgehead atoms. The fraction of sp³-hybridized carbons (Fsp3) is 0.385. The first-order chi connectivity index (χ1) is 7.48. The number of para-hydroxylation sites is 1. The summed E-state index contributed by atoms with van der Waals surface area (Å²) in [4.78, 5) is 4.51. The van der Waals surface area contributed by atoms with Crippen LogP contribution in [-0.4, -0.2) is 14.8 Å². The van der Waals surface area contributed by atoms with Crippen LogP contribution in [-0.2, 0) is 5.41 Å². The van der Waals surface area contributed by atoms with Crippen molar-refractivity contribution in [1.82, 2.24) is 14.8 Å². The molecule has 0 aliphatic rings. The molecule has 1 aromatic carbocycles. The normalized spacial score (nSPS) is 11.8. The Balaban J connectivity index is 2.48. The predicted octanol–water partition coefficient (Wildman–Crippen LogP) is 2.87. The molecule has 0 amide bonds. The number of hydrogen-bond donors (Lipinski definition) is 0. The van der Waals surface area contributed by atoms with Crippen molar-refractivity contribution in [2.45, 2.75) is 33.1 Å². The van der Waals surface area contributed by atoms with Crippen LogP contribution >= 0.6 is 0 Å². The Bertz CT molecular complexity index is 478. The molecule has 0 atom stereocenters. The Morgan fingerprint density at radius 2 is 1.69 bits per heavy atom. The van der Waals surface area contributed by atoms with E-state index < -0.39 is 0 Å². The Morgan fingerprint density at radius 1 is 1.06 bits per heavy atom. The molecule has 16 heavy (non-hydrogen) atoms. The van der Waals surface area contributed by atoms with Crippen LogP contribution in [0, 0.1) is 6.92 Å². The zero-order chi connectivity index (χ0) is 11.8. The van der Waals surface area contributed by atoms with Crippen LogP contribution in [0.3, 0.4) is 0 Å². The quantitative estimate of drug-likeness (QED) is 0.732. The average Bonchev–Trinajstić information content (AvgIpc) is 2.61. The van der Waals surface area contributed by atoms with Crippen molar-refractivity contribution >= 4 is 0 Å².